The molecule has 0 unspecified atom stereocenters. The summed E-state index contributed by atoms with van der Waals surface area (Å²) in [7, 11) is -5.46. The Kier molecular flexibility index (Phi) is 5.23. The normalized spacial score (nSPS) is 11.8. The number of hydrogen-bond acceptors (Lipinski definition) is 4. The molecule has 1 heterocycles. The average Bonchev–Trinajstić information content (AvgIpc) is 3.06. The van der Waals surface area contributed by atoms with Crippen LogP contribution in [0.15, 0.2) is 52.0 Å². The number of halogens is 3. The van der Waals surface area contributed by atoms with Gasteiger partial charge in [0.05, 0.1) is 24.2 Å². The lowest BCUT2D eigenvalue weighted by Gasteiger charge is -2.19. The van der Waals surface area contributed by atoms with Crippen LogP contribution in [0.3, 0.4) is 0 Å². The summed E-state index contributed by atoms with van der Waals surface area (Å²) in [6.07, 6.45) is 6.65. The van der Waals surface area contributed by atoms with Crippen LogP contribution in [0.5, 0.6) is 0 Å². The van der Waals surface area contributed by atoms with Crippen LogP contribution in [-0.2, 0) is 16.4 Å². The first-order valence-corrected chi connectivity index (χ1v) is 8.31. The predicted molar refractivity (Wildman–Crippen MR) is 82.0 cm³/mol. The Morgan fingerprint density at radius 2 is 1.84 bits per heavy atom. The van der Waals surface area contributed by atoms with Gasteiger partial charge in [0.15, 0.2) is 0 Å². The van der Waals surface area contributed by atoms with Crippen LogP contribution >= 0.6 is 0 Å². The van der Waals surface area contributed by atoms with E-state index < -0.39 is 26.1 Å². The van der Waals surface area contributed by atoms with Crippen molar-refractivity contribution in [3.8, 4) is 12.3 Å². The number of sulfone groups is 1. The molecule has 132 valence electrons. The molecule has 1 amide bonds. The Labute approximate surface area is 142 Å². The van der Waals surface area contributed by atoms with Gasteiger partial charge >= 0.3 is 5.51 Å². The number of rotatable bonds is 5. The Bertz CT molecular complexity index is 879. The maximum atomic E-state index is 12.5. The summed E-state index contributed by atoms with van der Waals surface area (Å²) in [5, 5.41) is 0. The van der Waals surface area contributed by atoms with Gasteiger partial charge in [-0.2, -0.15) is 13.2 Å². The number of benzene rings is 1. The Morgan fingerprint density at radius 3 is 2.32 bits per heavy atom. The smallest absolute Gasteiger partial charge is 0.467 e. The number of carbonyl (C=O) groups excluding carboxylic acids is 1. The molecule has 0 atom stereocenters. The highest BCUT2D eigenvalue weighted by molar-refractivity contribution is 7.92. The topological polar surface area (TPSA) is 67.6 Å². The van der Waals surface area contributed by atoms with Gasteiger partial charge in [-0.1, -0.05) is 5.92 Å². The van der Waals surface area contributed by atoms with Crippen LogP contribution in [0.2, 0.25) is 0 Å². The van der Waals surface area contributed by atoms with Gasteiger partial charge in [0.25, 0.3) is 15.7 Å². The molecule has 0 saturated carbocycles. The molecule has 2 rings (SSSR count). The highest BCUT2D eigenvalue weighted by Gasteiger charge is 2.46. The highest BCUT2D eigenvalue weighted by atomic mass is 32.2. The lowest BCUT2D eigenvalue weighted by molar-refractivity contribution is -0.0436. The van der Waals surface area contributed by atoms with E-state index in [4.69, 9.17) is 10.8 Å². The summed E-state index contributed by atoms with van der Waals surface area (Å²) < 4.78 is 65.3. The summed E-state index contributed by atoms with van der Waals surface area (Å²) in [4.78, 5) is 12.7. The van der Waals surface area contributed by atoms with Crippen molar-refractivity contribution >= 4 is 15.7 Å². The van der Waals surface area contributed by atoms with Crippen LogP contribution < -0.4 is 0 Å². The molecule has 2 aromatic rings. The second-order valence-corrected chi connectivity index (χ2v) is 6.86. The van der Waals surface area contributed by atoms with E-state index in [9.17, 15) is 26.4 Å². The molecule has 1 aromatic carbocycles. The summed E-state index contributed by atoms with van der Waals surface area (Å²) >= 11 is 0. The van der Waals surface area contributed by atoms with Crippen molar-refractivity contribution in [2.24, 2.45) is 0 Å². The third-order valence-corrected chi connectivity index (χ3v) is 4.71. The molecule has 0 aliphatic heterocycles. The SMILES string of the molecule is C#CCN(Cc1ccco1)C(=O)c1ccc(S(=O)(=O)C(F)(F)F)cc1. The Morgan fingerprint density at radius 1 is 1.20 bits per heavy atom. The fourth-order valence-corrected chi connectivity index (χ4v) is 2.75. The molecule has 9 heteroatoms. The molecule has 0 N–H and O–H groups in total. The van der Waals surface area contributed by atoms with Gasteiger partial charge in [0, 0.05) is 5.56 Å². The second-order valence-electron chi connectivity index (χ2n) is 4.92. The molecule has 0 aliphatic rings. The predicted octanol–water partition coefficient (Wildman–Crippen LogP) is 2.85. The third-order valence-electron chi connectivity index (χ3n) is 3.21. The van der Waals surface area contributed by atoms with Crippen molar-refractivity contribution < 1.29 is 30.8 Å². The van der Waals surface area contributed by atoms with Crippen LogP contribution in [0.4, 0.5) is 13.2 Å². The van der Waals surface area contributed by atoms with E-state index in [2.05, 4.69) is 5.92 Å². The average molecular weight is 371 g/mol. The first kappa shape index (κ1) is 18.6. The molecule has 0 spiro atoms. The van der Waals surface area contributed by atoms with Gasteiger partial charge in [0.1, 0.15) is 5.76 Å². The molecule has 5 nitrogen and oxygen atoms in total. The van der Waals surface area contributed by atoms with Gasteiger partial charge in [-0.05, 0) is 36.4 Å². The molecule has 0 radical (unpaired) electrons. The van der Waals surface area contributed by atoms with E-state index in [0.29, 0.717) is 5.76 Å². The number of alkyl halides is 3. The molecule has 0 saturated heterocycles. The first-order valence-electron chi connectivity index (χ1n) is 6.83. The minimum Gasteiger partial charge on any atom is -0.467 e. The van der Waals surface area contributed by atoms with Crippen LogP contribution in [0, 0.1) is 12.3 Å². The zero-order valence-corrected chi connectivity index (χ0v) is 13.5. The zero-order chi connectivity index (χ0) is 18.7. The van der Waals surface area contributed by atoms with E-state index in [1.165, 1.54) is 11.2 Å². The van der Waals surface area contributed by atoms with Gasteiger partial charge in [-0.25, -0.2) is 8.42 Å². The van der Waals surface area contributed by atoms with Gasteiger partial charge < -0.3 is 9.32 Å². The van der Waals surface area contributed by atoms with Crippen molar-refractivity contribution in [1.82, 2.24) is 4.90 Å². The molecular formula is C16H12F3NO4S. The van der Waals surface area contributed by atoms with Crippen molar-refractivity contribution in [2.75, 3.05) is 6.54 Å². The van der Waals surface area contributed by atoms with E-state index in [-0.39, 0.29) is 18.7 Å². The number of terminal acetylenes is 1. The summed E-state index contributed by atoms with van der Waals surface area (Å²) in [5.74, 6) is 2.21. The van der Waals surface area contributed by atoms with Gasteiger partial charge in [-0.3, -0.25) is 4.79 Å². The Hall–Kier alpha value is -2.73. The number of hydrogen-bond donors (Lipinski definition) is 0. The molecule has 1 aromatic heterocycles. The third kappa shape index (κ3) is 4.03. The van der Waals surface area contributed by atoms with E-state index in [1.807, 2.05) is 0 Å². The largest absolute Gasteiger partial charge is 0.501 e. The molecule has 0 fully saturated rings. The monoisotopic (exact) mass is 371 g/mol. The minimum atomic E-state index is -5.46. The van der Waals surface area contributed by atoms with E-state index in [1.54, 1.807) is 12.1 Å². The zero-order valence-electron chi connectivity index (χ0n) is 12.7. The number of nitrogens with zero attached hydrogens (tertiary/aromatic N) is 1. The minimum absolute atomic E-state index is 0.00271. The second kappa shape index (κ2) is 7.03. The molecular weight excluding hydrogens is 359 g/mol. The van der Waals surface area contributed by atoms with Crippen molar-refractivity contribution in [2.45, 2.75) is 16.9 Å². The maximum absolute atomic E-state index is 12.5. The Balaban J connectivity index is 2.25. The van der Waals surface area contributed by atoms with Crippen molar-refractivity contribution in [3.05, 3.63) is 54.0 Å². The van der Waals surface area contributed by atoms with Gasteiger partial charge in [-0.15, -0.1) is 6.42 Å². The molecule has 25 heavy (non-hydrogen) atoms. The highest BCUT2D eigenvalue weighted by Crippen LogP contribution is 2.30. The number of furan rings is 1. The fraction of sp³-hybridized carbons (Fsp3) is 0.188. The van der Waals surface area contributed by atoms with Gasteiger partial charge in [0.2, 0.25) is 0 Å². The van der Waals surface area contributed by atoms with E-state index >= 15 is 0 Å². The van der Waals surface area contributed by atoms with E-state index in [0.717, 1.165) is 24.3 Å². The number of amides is 1. The lowest BCUT2D eigenvalue weighted by atomic mass is 10.2. The van der Waals surface area contributed by atoms with Crippen LogP contribution in [0.25, 0.3) is 0 Å². The standard InChI is InChI=1S/C16H12F3NO4S/c1-2-9-20(11-13-4-3-10-24-13)15(21)12-5-7-14(8-6-12)25(22,23)16(17,18)19/h1,3-8,10H,9,11H2. The van der Waals surface area contributed by atoms with Crippen LogP contribution in [0.1, 0.15) is 16.1 Å². The summed E-state index contributed by atoms with van der Waals surface area (Å²) in [6.45, 7) is 0.0147. The van der Waals surface area contributed by atoms with Crippen LogP contribution in [-0.4, -0.2) is 31.3 Å². The first-order chi connectivity index (χ1) is 11.7. The lowest BCUT2D eigenvalue weighted by Crippen LogP contribution is -2.31. The maximum Gasteiger partial charge on any atom is 0.501 e. The molecule has 0 aliphatic carbocycles. The summed E-state index contributed by atoms with van der Waals surface area (Å²) in [6, 6.07) is 6.74. The summed E-state index contributed by atoms with van der Waals surface area (Å²) in [5.41, 5.74) is -5.41. The van der Waals surface area contributed by atoms with Crippen molar-refractivity contribution in [3.63, 3.8) is 0 Å². The fourth-order valence-electron chi connectivity index (χ4n) is 1.99. The number of carbonyl (C=O) groups is 1. The quantitative estimate of drug-likeness (QED) is 0.758. The molecule has 0 bridgehead atoms. The van der Waals surface area contributed by atoms with Crippen molar-refractivity contribution in [1.29, 1.82) is 0 Å².